The summed E-state index contributed by atoms with van der Waals surface area (Å²) in [5.41, 5.74) is 0.104. The first kappa shape index (κ1) is 42.6. The molecule has 276 valence electrons. The van der Waals surface area contributed by atoms with Crippen LogP contribution in [0.3, 0.4) is 0 Å². The van der Waals surface area contributed by atoms with Gasteiger partial charge >= 0.3 is 0 Å². The Bertz CT molecular complexity index is 1040. The molecule has 47 heavy (non-hydrogen) atoms. The lowest BCUT2D eigenvalue weighted by Crippen LogP contribution is -2.64. The van der Waals surface area contributed by atoms with Crippen molar-refractivity contribution in [1.29, 1.82) is 0 Å². The highest BCUT2D eigenvalue weighted by atomic mass is 16.3. The van der Waals surface area contributed by atoms with Gasteiger partial charge in [0.1, 0.15) is 0 Å². The Morgan fingerprint density at radius 2 is 0.596 bits per heavy atom. The van der Waals surface area contributed by atoms with E-state index in [2.05, 4.69) is 178 Å². The normalized spacial score (nSPS) is 26.1. The quantitative estimate of drug-likeness (QED) is 0.290. The van der Waals surface area contributed by atoms with Gasteiger partial charge < -0.3 is 10.2 Å². The summed E-state index contributed by atoms with van der Waals surface area (Å²) in [6.07, 6.45) is 6.21. The number of hydrogen-bond acceptors (Lipinski definition) is 2. The van der Waals surface area contributed by atoms with Crippen LogP contribution >= 0.6 is 0 Å². The van der Waals surface area contributed by atoms with Crippen molar-refractivity contribution >= 4 is 0 Å². The Labute approximate surface area is 295 Å². The van der Waals surface area contributed by atoms with E-state index in [1.165, 1.54) is 0 Å². The minimum absolute atomic E-state index is 0.0564. The number of aliphatic hydroxyl groups is 2. The molecule has 0 heterocycles. The van der Waals surface area contributed by atoms with Crippen molar-refractivity contribution in [2.45, 2.75) is 198 Å². The second kappa shape index (κ2) is 11.5. The van der Waals surface area contributed by atoms with Crippen molar-refractivity contribution in [2.24, 2.45) is 65.0 Å². The molecular formula is C45H84O2. The van der Waals surface area contributed by atoms with Crippen molar-refractivity contribution in [3.63, 3.8) is 0 Å². The van der Waals surface area contributed by atoms with E-state index in [4.69, 9.17) is 0 Å². The summed E-state index contributed by atoms with van der Waals surface area (Å²) < 4.78 is 0. The molecule has 2 nitrogen and oxygen atoms in total. The van der Waals surface area contributed by atoms with E-state index in [-0.39, 0.29) is 54.1 Å². The molecule has 0 amide bonds. The molecule has 2 atom stereocenters. The average molecular weight is 657 g/mol. The first-order valence-corrected chi connectivity index (χ1v) is 18.9. The lowest BCUT2D eigenvalue weighted by molar-refractivity contribution is -0.182. The van der Waals surface area contributed by atoms with E-state index in [0.717, 1.165) is 24.0 Å². The monoisotopic (exact) mass is 657 g/mol. The van der Waals surface area contributed by atoms with Crippen LogP contribution in [0, 0.1) is 65.0 Å². The van der Waals surface area contributed by atoms with Crippen LogP contribution in [0.5, 0.6) is 0 Å². The molecule has 0 aromatic rings. The van der Waals surface area contributed by atoms with Gasteiger partial charge in [-0.25, -0.2) is 0 Å². The van der Waals surface area contributed by atoms with Gasteiger partial charge in [0, 0.05) is 10.8 Å². The molecule has 2 aliphatic carbocycles. The summed E-state index contributed by atoms with van der Waals surface area (Å²) >= 11 is 0. The van der Waals surface area contributed by atoms with E-state index in [1.807, 2.05) is 0 Å². The predicted molar refractivity (Wildman–Crippen MR) is 207 cm³/mol. The van der Waals surface area contributed by atoms with Crippen molar-refractivity contribution < 1.29 is 10.2 Å². The third-order valence-electron chi connectivity index (χ3n) is 14.7. The highest BCUT2D eigenvalue weighted by Crippen LogP contribution is 2.72. The van der Waals surface area contributed by atoms with Crippen LogP contribution in [0.1, 0.15) is 185 Å². The molecule has 2 heteroatoms. The largest absolute Gasteiger partial charge is 0.388 e. The fourth-order valence-electron chi connectivity index (χ4n) is 12.3. The molecule has 2 aliphatic rings. The summed E-state index contributed by atoms with van der Waals surface area (Å²) in [6, 6.07) is 0. The van der Waals surface area contributed by atoms with Crippen molar-refractivity contribution in [3.8, 4) is 0 Å². The van der Waals surface area contributed by atoms with Gasteiger partial charge in [-0.05, 0) is 84.6 Å². The number of rotatable bonds is 2. The average Bonchev–Trinajstić information content (AvgIpc) is 2.75. The summed E-state index contributed by atoms with van der Waals surface area (Å²) in [4.78, 5) is 0. The first-order chi connectivity index (χ1) is 20.2. The lowest BCUT2D eigenvalue weighted by atomic mass is 9.37. The Hall–Kier alpha value is -0.600. The lowest BCUT2D eigenvalue weighted by Gasteiger charge is -2.68. The van der Waals surface area contributed by atoms with Gasteiger partial charge in [-0.2, -0.15) is 0 Å². The fraction of sp³-hybridized carbons (Fsp3) is 0.911. The zero-order valence-electron chi connectivity index (χ0n) is 36.3. The van der Waals surface area contributed by atoms with Gasteiger partial charge in [-0.15, -0.1) is 0 Å². The number of allylic oxidation sites excluding steroid dienone is 2. The Kier molecular flexibility index (Phi) is 10.4. The van der Waals surface area contributed by atoms with E-state index < -0.39 is 23.0 Å². The molecule has 0 aromatic heterocycles. The molecule has 2 N–H and O–H groups in total. The maximum Gasteiger partial charge on any atom is 0.0819 e. The van der Waals surface area contributed by atoms with Crippen LogP contribution in [0.15, 0.2) is 23.3 Å². The Balaban J connectivity index is 3.26. The van der Waals surface area contributed by atoms with Crippen LogP contribution in [-0.4, -0.2) is 22.4 Å². The Morgan fingerprint density at radius 1 is 0.404 bits per heavy atom. The summed E-state index contributed by atoms with van der Waals surface area (Å²) in [7, 11) is 0. The smallest absolute Gasteiger partial charge is 0.0819 e. The van der Waals surface area contributed by atoms with Gasteiger partial charge in [0.2, 0.25) is 0 Å². The van der Waals surface area contributed by atoms with E-state index in [1.54, 1.807) is 0 Å². The molecule has 0 spiro atoms. The molecule has 0 radical (unpaired) electrons. The van der Waals surface area contributed by atoms with Crippen LogP contribution in [0.2, 0.25) is 0 Å². The van der Waals surface area contributed by atoms with Crippen LogP contribution < -0.4 is 0 Å². The molecule has 0 fully saturated rings. The summed E-state index contributed by atoms with van der Waals surface area (Å²) in [6.45, 7) is 57.1. The zero-order valence-corrected chi connectivity index (χ0v) is 36.3. The summed E-state index contributed by atoms with van der Waals surface area (Å²) in [5.74, 6) is 0. The van der Waals surface area contributed by atoms with Crippen LogP contribution in [0.25, 0.3) is 0 Å². The van der Waals surface area contributed by atoms with E-state index in [0.29, 0.717) is 6.42 Å². The molecular weight excluding hydrogens is 572 g/mol. The van der Waals surface area contributed by atoms with Gasteiger partial charge in [-0.3, -0.25) is 0 Å². The molecule has 2 rings (SSSR count). The number of hydrogen-bond donors (Lipinski definition) is 2. The topological polar surface area (TPSA) is 40.5 Å². The molecule has 0 aliphatic heterocycles. The second-order valence-corrected chi connectivity index (χ2v) is 24.7. The van der Waals surface area contributed by atoms with Gasteiger partial charge in [-0.1, -0.05) is 178 Å². The highest BCUT2D eigenvalue weighted by molar-refractivity contribution is 5.39. The first-order valence-electron chi connectivity index (χ1n) is 18.9. The maximum absolute atomic E-state index is 13.1. The van der Waals surface area contributed by atoms with Gasteiger partial charge in [0.15, 0.2) is 0 Å². The minimum Gasteiger partial charge on any atom is -0.388 e. The Morgan fingerprint density at radius 3 is 0.745 bits per heavy atom. The standard InChI is InChI=1S/C45H84O2/c1-34(2,3)42(35(4,5)6)26-30(32(46)44(28-42,38(13,14)15)39(16,17)18)25-31-27-43(36(7,8)9,37(10,11)12)29-45(33(31)47,40(19,20)21)41(22,23)24/h26-27,32-33,46-47H,25,28-29H2,1-24H3. The number of aliphatic hydroxyl groups excluding tert-OH is 2. The summed E-state index contributed by atoms with van der Waals surface area (Å²) in [5, 5.41) is 26.1. The molecule has 0 saturated heterocycles. The van der Waals surface area contributed by atoms with E-state index in [9.17, 15) is 10.2 Å². The van der Waals surface area contributed by atoms with Crippen molar-refractivity contribution in [1.82, 2.24) is 0 Å². The maximum atomic E-state index is 13.1. The van der Waals surface area contributed by atoms with Gasteiger partial charge in [0.25, 0.3) is 0 Å². The second-order valence-electron chi connectivity index (χ2n) is 24.7. The van der Waals surface area contributed by atoms with Crippen molar-refractivity contribution in [2.75, 3.05) is 0 Å². The third kappa shape index (κ3) is 6.20. The highest BCUT2D eigenvalue weighted by Gasteiger charge is 2.67. The molecule has 2 unspecified atom stereocenters. The third-order valence-corrected chi connectivity index (χ3v) is 14.7. The zero-order chi connectivity index (χ0) is 37.8. The predicted octanol–water partition coefficient (Wildman–Crippen LogP) is 13.1. The van der Waals surface area contributed by atoms with Crippen LogP contribution in [-0.2, 0) is 0 Å². The SMILES string of the molecule is CC(C)(C)C1(C(C)(C)C)C=C(CC2=CC(C(C)(C)C)(C(C)(C)C)CC(C(C)(C)C)(C(C)(C)C)C2O)C(O)C(C(C)(C)C)(C(C)(C)C)C1. The van der Waals surface area contributed by atoms with Crippen LogP contribution in [0.4, 0.5) is 0 Å². The fourth-order valence-corrected chi connectivity index (χ4v) is 12.3. The molecule has 0 bridgehead atoms. The van der Waals surface area contributed by atoms with Gasteiger partial charge in [0.05, 0.1) is 12.2 Å². The minimum atomic E-state index is -0.632. The van der Waals surface area contributed by atoms with Crippen molar-refractivity contribution in [3.05, 3.63) is 23.3 Å². The molecule has 0 saturated carbocycles. The molecule has 0 aromatic carbocycles. The van der Waals surface area contributed by atoms with E-state index >= 15 is 0 Å².